The van der Waals surface area contributed by atoms with Gasteiger partial charge in [-0.05, 0) is 29.8 Å². The van der Waals surface area contributed by atoms with Gasteiger partial charge in [0.25, 0.3) is 0 Å². The third-order valence-electron chi connectivity index (χ3n) is 2.53. The lowest BCUT2D eigenvalue weighted by Crippen LogP contribution is -1.94. The van der Waals surface area contributed by atoms with Crippen molar-refractivity contribution in [3.8, 4) is 17.2 Å². The van der Waals surface area contributed by atoms with E-state index in [0.29, 0.717) is 22.9 Å². The Bertz CT molecular complexity index is 540. The van der Waals surface area contributed by atoms with Crippen LogP contribution in [0.4, 0.5) is 5.69 Å². The monoisotopic (exact) mass is 245 g/mol. The highest BCUT2D eigenvalue weighted by Crippen LogP contribution is 2.31. The average Bonchev–Trinajstić information content (AvgIpc) is 2.41. The van der Waals surface area contributed by atoms with Crippen molar-refractivity contribution in [3.63, 3.8) is 0 Å². The predicted molar refractivity (Wildman–Crippen MR) is 69.8 cm³/mol. The van der Waals surface area contributed by atoms with E-state index < -0.39 is 0 Å². The molecule has 0 saturated carbocycles. The van der Waals surface area contributed by atoms with E-state index in [-0.39, 0.29) is 6.61 Å². The minimum absolute atomic E-state index is 0.0230. The van der Waals surface area contributed by atoms with Gasteiger partial charge in [-0.1, -0.05) is 12.1 Å². The van der Waals surface area contributed by atoms with Crippen LogP contribution in [0.2, 0.25) is 0 Å². The van der Waals surface area contributed by atoms with E-state index in [1.807, 2.05) is 12.1 Å². The van der Waals surface area contributed by atoms with Crippen molar-refractivity contribution in [2.24, 2.45) is 0 Å². The molecule has 18 heavy (non-hydrogen) atoms. The lowest BCUT2D eigenvalue weighted by Gasteiger charge is -2.10. The zero-order valence-corrected chi connectivity index (χ0v) is 10.1. The van der Waals surface area contributed by atoms with Gasteiger partial charge in [-0.25, -0.2) is 0 Å². The number of hydrogen-bond acceptors (Lipinski definition) is 4. The molecule has 2 aromatic rings. The van der Waals surface area contributed by atoms with Gasteiger partial charge in [0, 0.05) is 6.07 Å². The summed E-state index contributed by atoms with van der Waals surface area (Å²) in [5.74, 6) is 1.84. The third kappa shape index (κ3) is 2.73. The third-order valence-corrected chi connectivity index (χ3v) is 2.53. The Labute approximate surface area is 106 Å². The number of benzene rings is 2. The molecule has 0 bridgehead atoms. The molecule has 0 radical (unpaired) electrons. The highest BCUT2D eigenvalue weighted by molar-refractivity contribution is 5.57. The Morgan fingerprint density at radius 3 is 2.67 bits per heavy atom. The summed E-state index contributed by atoms with van der Waals surface area (Å²) in [6, 6.07) is 12.4. The fraction of sp³-hybridized carbons (Fsp3) is 0.143. The maximum atomic E-state index is 9.06. The molecule has 2 aromatic carbocycles. The van der Waals surface area contributed by atoms with Gasteiger partial charge in [0.15, 0.2) is 5.75 Å². The van der Waals surface area contributed by atoms with Crippen LogP contribution >= 0.6 is 0 Å². The molecule has 4 heteroatoms. The van der Waals surface area contributed by atoms with Gasteiger partial charge in [-0.3, -0.25) is 0 Å². The second kappa shape index (κ2) is 5.42. The van der Waals surface area contributed by atoms with E-state index in [1.54, 1.807) is 37.4 Å². The zero-order valence-electron chi connectivity index (χ0n) is 10.1. The highest BCUT2D eigenvalue weighted by atomic mass is 16.5. The van der Waals surface area contributed by atoms with Gasteiger partial charge in [-0.15, -0.1) is 0 Å². The summed E-state index contributed by atoms with van der Waals surface area (Å²) in [7, 11) is 1.59. The lowest BCUT2D eigenvalue weighted by atomic mass is 10.2. The lowest BCUT2D eigenvalue weighted by molar-refractivity contribution is 0.281. The predicted octanol–water partition coefficient (Wildman–Crippen LogP) is 2.56. The average molecular weight is 245 g/mol. The number of anilines is 1. The highest BCUT2D eigenvalue weighted by Gasteiger charge is 2.05. The number of methoxy groups -OCH3 is 1. The van der Waals surface area contributed by atoms with E-state index in [4.69, 9.17) is 20.3 Å². The summed E-state index contributed by atoms with van der Waals surface area (Å²) in [6.07, 6.45) is 0. The first kappa shape index (κ1) is 12.3. The quantitative estimate of drug-likeness (QED) is 0.812. The molecule has 0 aliphatic heterocycles. The first-order valence-electron chi connectivity index (χ1n) is 5.54. The number of aliphatic hydroxyl groups excluding tert-OH is 1. The van der Waals surface area contributed by atoms with Crippen LogP contribution in [0.1, 0.15) is 5.56 Å². The Kier molecular flexibility index (Phi) is 3.69. The summed E-state index contributed by atoms with van der Waals surface area (Å²) >= 11 is 0. The maximum absolute atomic E-state index is 9.06. The van der Waals surface area contributed by atoms with Crippen molar-refractivity contribution in [2.45, 2.75) is 6.61 Å². The van der Waals surface area contributed by atoms with Crippen LogP contribution < -0.4 is 15.2 Å². The van der Waals surface area contributed by atoms with Crippen molar-refractivity contribution >= 4 is 5.69 Å². The Balaban J connectivity index is 2.27. The smallest absolute Gasteiger partial charge is 0.153 e. The van der Waals surface area contributed by atoms with Crippen molar-refractivity contribution in [2.75, 3.05) is 12.8 Å². The molecule has 0 unspecified atom stereocenters. The molecule has 0 saturated heterocycles. The van der Waals surface area contributed by atoms with Gasteiger partial charge in [0.05, 0.1) is 19.4 Å². The van der Waals surface area contributed by atoms with Gasteiger partial charge >= 0.3 is 0 Å². The molecule has 2 rings (SSSR count). The molecule has 0 amide bonds. The Morgan fingerprint density at radius 1 is 1.11 bits per heavy atom. The first-order chi connectivity index (χ1) is 8.72. The number of rotatable bonds is 4. The van der Waals surface area contributed by atoms with E-state index >= 15 is 0 Å². The second-order valence-corrected chi connectivity index (χ2v) is 3.81. The molecule has 0 aliphatic carbocycles. The van der Waals surface area contributed by atoms with Gasteiger partial charge < -0.3 is 20.3 Å². The van der Waals surface area contributed by atoms with Gasteiger partial charge in [-0.2, -0.15) is 0 Å². The van der Waals surface area contributed by atoms with Crippen LogP contribution in [-0.4, -0.2) is 12.2 Å². The van der Waals surface area contributed by atoms with E-state index in [0.717, 1.165) is 5.56 Å². The molecule has 0 heterocycles. The number of aliphatic hydroxyl groups is 1. The van der Waals surface area contributed by atoms with Crippen molar-refractivity contribution in [1.29, 1.82) is 0 Å². The number of hydrogen-bond donors (Lipinski definition) is 2. The summed E-state index contributed by atoms with van der Waals surface area (Å²) in [4.78, 5) is 0. The topological polar surface area (TPSA) is 64.7 Å². The molecular formula is C14H15NO3. The van der Waals surface area contributed by atoms with Crippen LogP contribution in [-0.2, 0) is 6.61 Å². The van der Waals surface area contributed by atoms with Crippen molar-refractivity contribution in [3.05, 3.63) is 48.0 Å². The van der Waals surface area contributed by atoms with Crippen LogP contribution in [0.15, 0.2) is 42.5 Å². The largest absolute Gasteiger partial charge is 0.497 e. The molecule has 0 aromatic heterocycles. The summed E-state index contributed by atoms with van der Waals surface area (Å²) in [6.45, 7) is -0.0230. The SMILES string of the molecule is COc1ccc(N)c(Oc2cccc(CO)c2)c1. The molecule has 0 aliphatic rings. The first-order valence-corrected chi connectivity index (χ1v) is 5.54. The minimum atomic E-state index is -0.0230. The number of nitrogens with two attached hydrogens (primary N) is 1. The number of ether oxygens (including phenoxy) is 2. The molecule has 0 spiro atoms. The van der Waals surface area contributed by atoms with Crippen molar-refractivity contribution < 1.29 is 14.6 Å². The van der Waals surface area contributed by atoms with E-state index in [9.17, 15) is 0 Å². The summed E-state index contributed by atoms with van der Waals surface area (Å²) in [5, 5.41) is 9.06. The normalized spacial score (nSPS) is 10.1. The molecule has 3 N–H and O–H groups in total. The molecule has 0 fully saturated rings. The van der Waals surface area contributed by atoms with E-state index in [1.165, 1.54) is 0 Å². The zero-order chi connectivity index (χ0) is 13.0. The van der Waals surface area contributed by atoms with Crippen molar-refractivity contribution in [1.82, 2.24) is 0 Å². The van der Waals surface area contributed by atoms with Gasteiger partial charge in [0.2, 0.25) is 0 Å². The molecule has 4 nitrogen and oxygen atoms in total. The Morgan fingerprint density at radius 2 is 1.94 bits per heavy atom. The van der Waals surface area contributed by atoms with Crippen LogP contribution in [0, 0.1) is 0 Å². The molecule has 0 atom stereocenters. The molecule has 94 valence electrons. The summed E-state index contributed by atoms with van der Waals surface area (Å²) in [5.41, 5.74) is 7.15. The standard InChI is InChI=1S/C14H15NO3/c1-17-11-5-6-13(15)14(8-11)18-12-4-2-3-10(7-12)9-16/h2-8,16H,9,15H2,1H3. The fourth-order valence-electron chi connectivity index (χ4n) is 1.56. The van der Waals surface area contributed by atoms with Crippen LogP contribution in [0.3, 0.4) is 0 Å². The Hall–Kier alpha value is -2.20. The summed E-state index contributed by atoms with van der Waals surface area (Å²) < 4.78 is 10.8. The fourth-order valence-corrected chi connectivity index (χ4v) is 1.56. The van der Waals surface area contributed by atoms with E-state index in [2.05, 4.69) is 0 Å². The van der Waals surface area contributed by atoms with Gasteiger partial charge in [0.1, 0.15) is 11.5 Å². The second-order valence-electron chi connectivity index (χ2n) is 3.81. The minimum Gasteiger partial charge on any atom is -0.497 e. The van der Waals surface area contributed by atoms with Crippen LogP contribution in [0.5, 0.6) is 17.2 Å². The van der Waals surface area contributed by atoms with Crippen LogP contribution in [0.25, 0.3) is 0 Å². The number of nitrogen functional groups attached to an aromatic ring is 1. The maximum Gasteiger partial charge on any atom is 0.153 e. The molecular weight excluding hydrogens is 230 g/mol.